The molecule has 2 aromatic rings. The molecular formula is C17H17F3N3O2+. The molecule has 1 aromatic carbocycles. The van der Waals surface area contributed by atoms with Crippen LogP contribution in [-0.2, 0) is 10.9 Å². The van der Waals surface area contributed by atoms with Gasteiger partial charge in [-0.25, -0.2) is 4.98 Å². The van der Waals surface area contributed by atoms with Crippen molar-refractivity contribution in [3.05, 3.63) is 53.7 Å². The fourth-order valence-corrected chi connectivity index (χ4v) is 2.60. The van der Waals surface area contributed by atoms with Crippen molar-refractivity contribution in [3.63, 3.8) is 0 Å². The number of amides is 1. The second-order valence-electron chi connectivity index (χ2n) is 5.56. The molecule has 0 radical (unpaired) electrons. The van der Waals surface area contributed by atoms with Gasteiger partial charge in [-0.1, -0.05) is 0 Å². The normalized spacial score (nSPS) is 15.1. The van der Waals surface area contributed by atoms with Crippen molar-refractivity contribution in [1.82, 2.24) is 0 Å². The van der Waals surface area contributed by atoms with Crippen molar-refractivity contribution in [2.75, 3.05) is 36.5 Å². The van der Waals surface area contributed by atoms with Crippen LogP contribution in [-0.4, -0.2) is 32.2 Å². The third-order valence-corrected chi connectivity index (χ3v) is 3.88. The molecule has 0 spiro atoms. The van der Waals surface area contributed by atoms with Crippen LogP contribution >= 0.6 is 0 Å². The average Bonchev–Trinajstić information content (AvgIpc) is 2.62. The van der Waals surface area contributed by atoms with Gasteiger partial charge in [-0.05, 0) is 36.4 Å². The topological polar surface area (TPSA) is 55.7 Å². The largest absolute Gasteiger partial charge is 0.416 e. The number of nitrogens with one attached hydrogen (secondary N) is 2. The number of hydrogen-bond acceptors (Lipinski definition) is 3. The van der Waals surface area contributed by atoms with Gasteiger partial charge in [-0.2, -0.15) is 13.2 Å². The maximum atomic E-state index is 12.6. The van der Waals surface area contributed by atoms with E-state index in [4.69, 9.17) is 4.74 Å². The van der Waals surface area contributed by atoms with Crippen LogP contribution in [0.3, 0.4) is 0 Å². The number of hydrogen-bond donors (Lipinski definition) is 1. The molecule has 0 bridgehead atoms. The van der Waals surface area contributed by atoms with Crippen LogP contribution in [0.1, 0.15) is 15.9 Å². The molecular weight excluding hydrogens is 335 g/mol. The fraction of sp³-hybridized carbons (Fsp3) is 0.294. The minimum Gasteiger partial charge on any atom is -0.373 e. The van der Waals surface area contributed by atoms with Crippen LogP contribution in [0.15, 0.2) is 42.6 Å². The Kier molecular flexibility index (Phi) is 4.89. The number of aromatic nitrogens is 1. The number of nitrogens with zero attached hydrogens (tertiary/aromatic N) is 1. The minimum atomic E-state index is -4.40. The third kappa shape index (κ3) is 4.08. The summed E-state index contributed by atoms with van der Waals surface area (Å²) in [6.45, 7) is 2.45. The van der Waals surface area contributed by atoms with E-state index >= 15 is 0 Å². The summed E-state index contributed by atoms with van der Waals surface area (Å²) in [7, 11) is 0. The average molecular weight is 352 g/mol. The summed E-state index contributed by atoms with van der Waals surface area (Å²) >= 11 is 0. The van der Waals surface area contributed by atoms with Gasteiger partial charge in [-0.15, -0.1) is 0 Å². The Morgan fingerprint density at radius 3 is 2.44 bits per heavy atom. The highest BCUT2D eigenvalue weighted by Crippen LogP contribution is 2.30. The summed E-state index contributed by atoms with van der Waals surface area (Å²) in [4.78, 5) is 17.6. The molecule has 0 saturated carbocycles. The number of rotatable bonds is 3. The first-order valence-electron chi connectivity index (χ1n) is 7.77. The SMILES string of the molecule is O=C(Nc1ccc(C(F)(F)F)cc1)c1ccc[nH+]c1N1CCOCC1. The predicted molar refractivity (Wildman–Crippen MR) is 85.4 cm³/mol. The van der Waals surface area contributed by atoms with Gasteiger partial charge >= 0.3 is 6.18 Å². The van der Waals surface area contributed by atoms with Crippen molar-refractivity contribution in [2.45, 2.75) is 6.18 Å². The molecule has 1 amide bonds. The molecule has 8 heteroatoms. The molecule has 1 saturated heterocycles. The quantitative estimate of drug-likeness (QED) is 0.924. The minimum absolute atomic E-state index is 0.301. The second kappa shape index (κ2) is 7.10. The van der Waals surface area contributed by atoms with Crippen molar-refractivity contribution < 1.29 is 27.7 Å². The fourth-order valence-electron chi connectivity index (χ4n) is 2.60. The standard InChI is InChI=1S/C17H16F3N3O2/c18-17(19,20)12-3-5-13(6-4-12)22-16(24)14-2-1-7-21-15(14)23-8-10-25-11-9-23/h1-7H,8-11H2,(H,22,24)/p+1. The van der Waals surface area contributed by atoms with E-state index in [0.717, 1.165) is 12.1 Å². The van der Waals surface area contributed by atoms with Gasteiger partial charge < -0.3 is 10.1 Å². The first-order valence-corrected chi connectivity index (χ1v) is 7.77. The smallest absolute Gasteiger partial charge is 0.373 e. The lowest BCUT2D eigenvalue weighted by Crippen LogP contribution is -2.40. The molecule has 5 nitrogen and oxygen atoms in total. The van der Waals surface area contributed by atoms with Gasteiger partial charge in [-0.3, -0.25) is 9.69 Å². The van der Waals surface area contributed by atoms with Gasteiger partial charge in [0.2, 0.25) is 0 Å². The predicted octanol–water partition coefficient (Wildman–Crippen LogP) is 2.61. The van der Waals surface area contributed by atoms with E-state index in [9.17, 15) is 18.0 Å². The number of alkyl halides is 3. The Morgan fingerprint density at radius 2 is 1.80 bits per heavy atom. The summed E-state index contributed by atoms with van der Waals surface area (Å²) in [6.07, 6.45) is -2.68. The summed E-state index contributed by atoms with van der Waals surface area (Å²) in [5.74, 6) is 0.272. The molecule has 2 heterocycles. The van der Waals surface area contributed by atoms with Crippen LogP contribution in [0.4, 0.5) is 24.7 Å². The Bertz CT molecular complexity index is 742. The van der Waals surface area contributed by atoms with Gasteiger partial charge in [0.15, 0.2) is 0 Å². The molecule has 0 aliphatic carbocycles. The molecule has 1 fully saturated rings. The van der Waals surface area contributed by atoms with Gasteiger partial charge in [0.25, 0.3) is 11.7 Å². The van der Waals surface area contributed by atoms with E-state index in [-0.39, 0.29) is 0 Å². The van der Waals surface area contributed by atoms with Crippen molar-refractivity contribution in [3.8, 4) is 0 Å². The van der Waals surface area contributed by atoms with Crippen molar-refractivity contribution in [1.29, 1.82) is 0 Å². The zero-order valence-corrected chi connectivity index (χ0v) is 13.3. The van der Waals surface area contributed by atoms with Gasteiger partial charge in [0, 0.05) is 5.69 Å². The first kappa shape index (κ1) is 17.2. The first-order chi connectivity index (χ1) is 11.9. The molecule has 2 N–H and O–H groups in total. The molecule has 25 heavy (non-hydrogen) atoms. The number of morpholine rings is 1. The van der Waals surface area contributed by atoms with Crippen LogP contribution in [0.5, 0.6) is 0 Å². The highest BCUT2D eigenvalue weighted by atomic mass is 19.4. The Morgan fingerprint density at radius 1 is 1.12 bits per heavy atom. The van der Waals surface area contributed by atoms with Crippen LogP contribution in [0.25, 0.3) is 0 Å². The highest BCUT2D eigenvalue weighted by Gasteiger charge is 2.30. The Balaban J connectivity index is 1.77. The Labute approximate surface area is 142 Å². The zero-order chi connectivity index (χ0) is 17.9. The van der Waals surface area contributed by atoms with Crippen LogP contribution < -0.4 is 15.2 Å². The lowest BCUT2D eigenvalue weighted by molar-refractivity contribution is -0.364. The maximum Gasteiger partial charge on any atom is 0.416 e. The number of benzene rings is 1. The van der Waals surface area contributed by atoms with E-state index in [0.29, 0.717) is 43.4 Å². The monoisotopic (exact) mass is 352 g/mol. The number of H-pyrrole nitrogens is 1. The zero-order valence-electron chi connectivity index (χ0n) is 13.3. The molecule has 132 valence electrons. The van der Waals surface area contributed by atoms with Crippen LogP contribution in [0, 0.1) is 0 Å². The van der Waals surface area contributed by atoms with Gasteiger partial charge in [0.1, 0.15) is 18.7 Å². The molecule has 1 aliphatic rings. The second-order valence-corrected chi connectivity index (χ2v) is 5.56. The number of carbonyl (C=O) groups is 1. The summed E-state index contributed by atoms with van der Waals surface area (Å²) in [6, 6.07) is 7.72. The number of ether oxygens (including phenoxy) is 1. The van der Waals surface area contributed by atoms with E-state index in [2.05, 4.69) is 10.3 Å². The molecule has 1 aliphatic heterocycles. The summed E-state index contributed by atoms with van der Waals surface area (Å²) in [5, 5.41) is 2.63. The lowest BCUT2D eigenvalue weighted by atomic mass is 10.1. The van der Waals surface area contributed by atoms with Crippen molar-refractivity contribution >= 4 is 17.4 Å². The summed E-state index contributed by atoms with van der Waals surface area (Å²) < 4.78 is 43.1. The van der Waals surface area contributed by atoms with Crippen LogP contribution in [0.2, 0.25) is 0 Å². The number of pyridine rings is 1. The number of aromatic amines is 1. The lowest BCUT2D eigenvalue weighted by Gasteiger charge is -2.22. The van der Waals surface area contributed by atoms with E-state index in [1.165, 1.54) is 12.1 Å². The molecule has 1 aromatic heterocycles. The molecule has 0 unspecified atom stereocenters. The summed E-state index contributed by atoms with van der Waals surface area (Å²) in [5.41, 5.74) is -0.0355. The Hall–Kier alpha value is -2.61. The number of carbonyl (C=O) groups excluding carboxylic acids is 1. The van der Waals surface area contributed by atoms with E-state index < -0.39 is 17.6 Å². The van der Waals surface area contributed by atoms with Crippen molar-refractivity contribution in [2.24, 2.45) is 0 Å². The number of anilines is 2. The molecule has 3 rings (SSSR count). The van der Waals surface area contributed by atoms with E-state index in [1.807, 2.05) is 4.90 Å². The maximum absolute atomic E-state index is 12.6. The molecule has 0 atom stereocenters. The number of halogens is 3. The van der Waals surface area contributed by atoms with E-state index in [1.54, 1.807) is 18.3 Å². The highest BCUT2D eigenvalue weighted by molar-refractivity contribution is 6.07. The third-order valence-electron chi connectivity index (χ3n) is 3.88. The van der Waals surface area contributed by atoms with Gasteiger partial charge in [0.05, 0.1) is 25.0 Å².